The fourth-order valence-electron chi connectivity index (χ4n) is 3.92. The number of nitrogens with one attached hydrogen (secondary N) is 1. The lowest BCUT2D eigenvalue weighted by Crippen LogP contribution is -2.46. The second-order valence-corrected chi connectivity index (χ2v) is 9.16. The van der Waals surface area contributed by atoms with Gasteiger partial charge in [-0.3, -0.25) is 10.1 Å². The summed E-state index contributed by atoms with van der Waals surface area (Å²) in [5.41, 5.74) is 4.66. The number of hydrogen-bond donors (Lipinski definition) is 2. The maximum absolute atomic E-state index is 12.6. The summed E-state index contributed by atoms with van der Waals surface area (Å²) in [6, 6.07) is 15.5. The molecule has 2 aromatic rings. The summed E-state index contributed by atoms with van der Waals surface area (Å²) >= 11 is 1.30. The Hall–Kier alpha value is -2.31. The Morgan fingerprint density at radius 2 is 1.63 bits per heavy atom. The van der Waals surface area contributed by atoms with Crippen LogP contribution in [0.3, 0.4) is 0 Å². The van der Waals surface area contributed by atoms with Crippen LogP contribution in [0.25, 0.3) is 11.1 Å². The Morgan fingerprint density at radius 1 is 1.07 bits per heavy atom. The van der Waals surface area contributed by atoms with Gasteiger partial charge in [-0.1, -0.05) is 48.5 Å². The van der Waals surface area contributed by atoms with Crippen LogP contribution in [0.5, 0.6) is 0 Å². The topological polar surface area (TPSA) is 75.6 Å². The van der Waals surface area contributed by atoms with Crippen molar-refractivity contribution in [3.05, 3.63) is 59.7 Å². The first-order valence-electron chi connectivity index (χ1n) is 8.90. The molecule has 2 aromatic carbocycles. The smallest absolute Gasteiger partial charge is 0.333 e. The first-order chi connectivity index (χ1) is 12.9. The van der Waals surface area contributed by atoms with E-state index < -0.39 is 28.1 Å². The van der Waals surface area contributed by atoms with Gasteiger partial charge in [0, 0.05) is 10.7 Å². The molecule has 0 spiro atoms. The van der Waals surface area contributed by atoms with E-state index in [1.54, 1.807) is 0 Å². The molecule has 27 heavy (non-hydrogen) atoms. The Balaban J connectivity index is 1.50. The van der Waals surface area contributed by atoms with E-state index in [1.807, 2.05) is 38.1 Å². The zero-order chi connectivity index (χ0) is 19.2. The third kappa shape index (κ3) is 3.13. The summed E-state index contributed by atoms with van der Waals surface area (Å²) in [4.78, 5) is 24.0. The Morgan fingerprint density at radius 3 is 2.15 bits per heavy atom. The average Bonchev–Trinajstić information content (AvgIpc) is 3.14. The summed E-state index contributed by atoms with van der Waals surface area (Å²) < 4.78 is 5.05. The molecule has 1 heterocycles. The molecule has 1 aliphatic carbocycles. The highest BCUT2D eigenvalue weighted by atomic mass is 32.2. The van der Waals surface area contributed by atoms with Crippen LogP contribution in [0.15, 0.2) is 48.5 Å². The molecule has 1 aliphatic heterocycles. The molecule has 1 saturated heterocycles. The van der Waals surface area contributed by atoms with E-state index in [9.17, 15) is 14.7 Å². The standard InChI is InChI=1S/C21H21NO4S/c1-21(2)17(19(23)24)22-18(27-21)20(25)26-11-16-14-9-5-3-7-12(14)13-8-4-6-10-15(13)16/h3-10,16-18,22H,11H2,1-2H3,(H,23,24)/t17?,18-/m1/s1. The van der Waals surface area contributed by atoms with Crippen molar-refractivity contribution in [2.75, 3.05) is 6.61 Å². The van der Waals surface area contributed by atoms with Gasteiger partial charge in [0.05, 0.1) is 0 Å². The third-order valence-corrected chi connectivity index (χ3v) is 6.66. The Labute approximate surface area is 162 Å². The highest BCUT2D eigenvalue weighted by Gasteiger charge is 2.48. The molecule has 1 unspecified atom stereocenters. The van der Waals surface area contributed by atoms with E-state index in [0.29, 0.717) is 0 Å². The maximum Gasteiger partial charge on any atom is 0.333 e. The number of hydrogen-bond acceptors (Lipinski definition) is 5. The monoisotopic (exact) mass is 383 g/mol. The molecule has 0 aromatic heterocycles. The molecular weight excluding hydrogens is 362 g/mol. The fraction of sp³-hybridized carbons (Fsp3) is 0.333. The van der Waals surface area contributed by atoms with Gasteiger partial charge in [0.1, 0.15) is 12.6 Å². The average molecular weight is 383 g/mol. The molecule has 4 rings (SSSR count). The van der Waals surface area contributed by atoms with Crippen molar-refractivity contribution in [3.8, 4) is 11.1 Å². The van der Waals surface area contributed by atoms with Gasteiger partial charge in [0.2, 0.25) is 0 Å². The lowest BCUT2D eigenvalue weighted by atomic mass is 9.98. The van der Waals surface area contributed by atoms with Crippen molar-refractivity contribution in [2.45, 2.75) is 35.9 Å². The van der Waals surface area contributed by atoms with E-state index in [2.05, 4.69) is 29.6 Å². The highest BCUT2D eigenvalue weighted by molar-refractivity contribution is 8.02. The van der Waals surface area contributed by atoms with Gasteiger partial charge in [-0.05, 0) is 36.1 Å². The summed E-state index contributed by atoms with van der Waals surface area (Å²) in [7, 11) is 0. The molecule has 6 heteroatoms. The van der Waals surface area contributed by atoms with Crippen molar-refractivity contribution in [2.24, 2.45) is 0 Å². The van der Waals surface area contributed by atoms with Crippen LogP contribution in [-0.4, -0.2) is 39.8 Å². The van der Waals surface area contributed by atoms with Gasteiger partial charge in [0.25, 0.3) is 0 Å². The fourth-order valence-corrected chi connectivity index (χ4v) is 5.20. The number of ether oxygens (including phenoxy) is 1. The minimum Gasteiger partial charge on any atom is -0.480 e. The summed E-state index contributed by atoms with van der Waals surface area (Å²) in [5.74, 6) is -1.38. The molecule has 140 valence electrons. The van der Waals surface area contributed by atoms with Crippen molar-refractivity contribution in [1.29, 1.82) is 0 Å². The molecular formula is C21H21NO4S. The SMILES string of the molecule is CC1(C)S[C@H](C(=O)OCC2c3ccccc3-c3ccccc32)NC1C(=O)O. The lowest BCUT2D eigenvalue weighted by Gasteiger charge is -2.20. The van der Waals surface area contributed by atoms with Crippen molar-refractivity contribution in [1.82, 2.24) is 5.32 Å². The van der Waals surface area contributed by atoms with Gasteiger partial charge in [-0.15, -0.1) is 11.8 Å². The van der Waals surface area contributed by atoms with E-state index in [4.69, 9.17) is 4.74 Å². The number of carboxylic acids is 1. The number of aliphatic carboxylic acids is 1. The number of benzene rings is 2. The molecule has 0 amide bonds. The van der Waals surface area contributed by atoms with E-state index in [1.165, 1.54) is 22.9 Å². The molecule has 2 N–H and O–H groups in total. The van der Waals surface area contributed by atoms with E-state index >= 15 is 0 Å². The number of thioether (sulfide) groups is 1. The zero-order valence-corrected chi connectivity index (χ0v) is 16.0. The predicted molar refractivity (Wildman–Crippen MR) is 105 cm³/mol. The quantitative estimate of drug-likeness (QED) is 0.790. The predicted octanol–water partition coefficient (Wildman–Crippen LogP) is 3.24. The first-order valence-corrected chi connectivity index (χ1v) is 9.78. The number of rotatable bonds is 4. The Kier molecular flexibility index (Phi) is 4.48. The number of carbonyl (C=O) groups excluding carboxylic acids is 1. The van der Waals surface area contributed by atoms with Crippen molar-refractivity contribution < 1.29 is 19.4 Å². The van der Waals surface area contributed by atoms with Crippen molar-refractivity contribution in [3.63, 3.8) is 0 Å². The minimum absolute atomic E-state index is 0.00367. The largest absolute Gasteiger partial charge is 0.480 e. The second kappa shape index (κ2) is 6.69. The molecule has 0 radical (unpaired) electrons. The van der Waals surface area contributed by atoms with Gasteiger partial charge in [0.15, 0.2) is 5.37 Å². The number of carboxylic acid groups (broad SMARTS) is 1. The summed E-state index contributed by atoms with van der Waals surface area (Å²) in [5, 5.41) is 11.6. The normalized spacial score (nSPS) is 22.9. The van der Waals surface area contributed by atoms with Gasteiger partial charge in [-0.2, -0.15) is 0 Å². The second-order valence-electron chi connectivity index (χ2n) is 7.40. The molecule has 2 atom stereocenters. The summed E-state index contributed by atoms with van der Waals surface area (Å²) in [6.45, 7) is 3.88. The Bertz CT molecular complexity index is 865. The summed E-state index contributed by atoms with van der Waals surface area (Å²) in [6.07, 6.45) is 0. The molecule has 0 saturated carbocycles. The molecule has 5 nitrogen and oxygen atoms in total. The van der Waals surface area contributed by atoms with Crippen LogP contribution in [0.2, 0.25) is 0 Å². The zero-order valence-electron chi connectivity index (χ0n) is 15.1. The van der Waals surface area contributed by atoms with Crippen molar-refractivity contribution >= 4 is 23.7 Å². The van der Waals surface area contributed by atoms with Gasteiger partial charge in [-0.25, -0.2) is 4.79 Å². The van der Waals surface area contributed by atoms with Crippen LogP contribution in [0.4, 0.5) is 0 Å². The lowest BCUT2D eigenvalue weighted by molar-refractivity contribution is -0.144. The van der Waals surface area contributed by atoms with Crippen LogP contribution in [0.1, 0.15) is 30.9 Å². The third-order valence-electron chi connectivity index (χ3n) is 5.25. The maximum atomic E-state index is 12.6. The van der Waals surface area contributed by atoms with Gasteiger partial charge < -0.3 is 9.84 Å². The highest BCUT2D eigenvalue weighted by Crippen LogP contribution is 2.45. The molecule has 2 aliphatic rings. The van der Waals surface area contributed by atoms with Crippen LogP contribution in [0, 0.1) is 0 Å². The first kappa shape index (κ1) is 18.1. The number of esters is 1. The van der Waals surface area contributed by atoms with E-state index in [-0.39, 0.29) is 12.5 Å². The number of fused-ring (bicyclic) bond motifs is 3. The van der Waals surface area contributed by atoms with Crippen LogP contribution < -0.4 is 5.32 Å². The van der Waals surface area contributed by atoms with E-state index in [0.717, 1.165) is 11.1 Å². The minimum atomic E-state index is -0.957. The van der Waals surface area contributed by atoms with Crippen LogP contribution >= 0.6 is 11.8 Å². The van der Waals surface area contributed by atoms with Gasteiger partial charge >= 0.3 is 11.9 Å². The number of carbonyl (C=O) groups is 2. The molecule has 1 fully saturated rings. The molecule has 0 bridgehead atoms. The van der Waals surface area contributed by atoms with Crippen LogP contribution in [-0.2, 0) is 14.3 Å².